The first-order valence-corrected chi connectivity index (χ1v) is 12.3. The third kappa shape index (κ3) is 7.11. The van der Waals surface area contributed by atoms with Crippen molar-refractivity contribution in [2.75, 3.05) is 13.7 Å². The first kappa shape index (κ1) is 31.3. The number of nitro benzene ring substituents is 1. The summed E-state index contributed by atoms with van der Waals surface area (Å²) in [4.78, 5) is 30.2. The van der Waals surface area contributed by atoms with Crippen LogP contribution in [0, 0.1) is 10.1 Å². The number of aromatic nitrogens is 2. The number of rotatable bonds is 9. The van der Waals surface area contributed by atoms with Crippen LogP contribution in [0.15, 0.2) is 76.1 Å². The molecule has 1 atom stereocenters. The van der Waals surface area contributed by atoms with Crippen LogP contribution in [0.4, 0.5) is 18.9 Å². The number of hydrogen-bond donors (Lipinski definition) is 1. The van der Waals surface area contributed by atoms with E-state index in [9.17, 15) is 28.1 Å². The van der Waals surface area contributed by atoms with E-state index in [1.54, 1.807) is 0 Å². The van der Waals surface area contributed by atoms with Crippen LogP contribution in [0.3, 0.4) is 0 Å². The number of ether oxygens (including phenoxy) is 1. The summed E-state index contributed by atoms with van der Waals surface area (Å²) in [5.74, 6) is -2.55. The number of alkyl halides is 3. The molecule has 0 saturated heterocycles. The Bertz CT molecular complexity index is 1470. The van der Waals surface area contributed by atoms with Gasteiger partial charge in [0.1, 0.15) is 5.70 Å². The van der Waals surface area contributed by atoms with E-state index in [1.807, 2.05) is 42.3 Å². The first-order valence-electron chi connectivity index (χ1n) is 12.3. The molecule has 0 aliphatic carbocycles. The summed E-state index contributed by atoms with van der Waals surface area (Å²) >= 11 is 0. The molecule has 218 valence electrons. The summed E-state index contributed by atoms with van der Waals surface area (Å²) in [6.45, 7) is 3.48. The summed E-state index contributed by atoms with van der Waals surface area (Å²) in [5.41, 5.74) is -1.29. The topological polar surface area (TPSA) is 124 Å². The van der Waals surface area contributed by atoms with Gasteiger partial charge in [-0.3, -0.25) is 15.0 Å². The molecular weight excluding hydrogens is 567 g/mol. The Morgan fingerprint density at radius 3 is 2.51 bits per heavy atom. The Kier molecular flexibility index (Phi) is 9.89. The predicted molar refractivity (Wildman–Crippen MR) is 144 cm³/mol. The molecule has 0 saturated carbocycles. The van der Waals surface area contributed by atoms with E-state index in [0.717, 1.165) is 11.6 Å². The van der Waals surface area contributed by atoms with E-state index < -0.39 is 34.3 Å². The maximum Gasteiger partial charge on any atom is 0.431 e. The van der Waals surface area contributed by atoms with Crippen LogP contribution in [0.5, 0.6) is 0 Å². The van der Waals surface area contributed by atoms with Gasteiger partial charge in [-0.05, 0) is 32.0 Å². The van der Waals surface area contributed by atoms with E-state index in [0.29, 0.717) is 6.54 Å². The lowest BCUT2D eigenvalue weighted by Gasteiger charge is -2.31. The van der Waals surface area contributed by atoms with Gasteiger partial charge in [0.25, 0.3) is 11.6 Å². The van der Waals surface area contributed by atoms with Gasteiger partial charge in [0, 0.05) is 29.9 Å². The number of esters is 1. The highest BCUT2D eigenvalue weighted by molar-refractivity contribution is 5.97. The van der Waals surface area contributed by atoms with Gasteiger partial charge in [-0.2, -0.15) is 18.2 Å². The summed E-state index contributed by atoms with van der Waals surface area (Å²) in [7, 11) is 1.85. The number of nitrogens with one attached hydrogen (secondary N) is 1. The molecular formula is C27H27ClF3N5O5. The van der Waals surface area contributed by atoms with Crippen LogP contribution in [0.25, 0.3) is 5.57 Å². The fraction of sp³-hybridized carbons (Fsp3) is 0.296. The number of nitrogens with zero attached hydrogens (tertiary/aromatic N) is 4. The first-order chi connectivity index (χ1) is 19.0. The molecule has 4 rings (SSSR count). The number of halogens is 4. The summed E-state index contributed by atoms with van der Waals surface area (Å²) in [5, 5.41) is 17.8. The highest BCUT2D eigenvalue weighted by atomic mass is 35.5. The molecule has 41 heavy (non-hydrogen) atoms. The van der Waals surface area contributed by atoms with Crippen molar-refractivity contribution in [3.63, 3.8) is 0 Å². The minimum atomic E-state index is -4.96. The third-order valence-electron chi connectivity index (χ3n) is 6.16. The van der Waals surface area contributed by atoms with Gasteiger partial charge in [0.15, 0.2) is 5.82 Å². The van der Waals surface area contributed by atoms with Crippen molar-refractivity contribution in [2.24, 2.45) is 0 Å². The van der Waals surface area contributed by atoms with E-state index in [1.165, 1.54) is 32.0 Å². The average Bonchev–Trinajstić information content (AvgIpc) is 3.35. The van der Waals surface area contributed by atoms with Crippen LogP contribution >= 0.6 is 12.4 Å². The molecule has 2 heterocycles. The minimum absolute atomic E-state index is 0. The Balaban J connectivity index is 0.00000462. The predicted octanol–water partition coefficient (Wildman–Crippen LogP) is 5.53. The van der Waals surface area contributed by atoms with E-state index >= 15 is 0 Å². The Labute approximate surface area is 239 Å². The van der Waals surface area contributed by atoms with Crippen LogP contribution in [-0.4, -0.2) is 45.8 Å². The molecule has 2 aromatic carbocycles. The van der Waals surface area contributed by atoms with E-state index in [2.05, 4.69) is 15.5 Å². The smallest absolute Gasteiger partial charge is 0.431 e. The van der Waals surface area contributed by atoms with Crippen molar-refractivity contribution < 1.29 is 32.1 Å². The van der Waals surface area contributed by atoms with Crippen molar-refractivity contribution in [3.8, 4) is 0 Å². The number of allylic oxidation sites excluding steroid dienone is 3. The van der Waals surface area contributed by atoms with Crippen LogP contribution in [0.1, 0.15) is 42.6 Å². The third-order valence-corrected chi connectivity index (χ3v) is 6.16. The molecule has 1 aliphatic rings. The molecule has 10 nitrogen and oxygen atoms in total. The van der Waals surface area contributed by atoms with Crippen LogP contribution in [-0.2, 0) is 22.6 Å². The molecule has 3 aromatic rings. The van der Waals surface area contributed by atoms with Crippen LogP contribution in [0.2, 0.25) is 0 Å². The lowest BCUT2D eigenvalue weighted by molar-refractivity contribution is -0.384. The van der Waals surface area contributed by atoms with Crippen molar-refractivity contribution in [2.45, 2.75) is 39.0 Å². The minimum Gasteiger partial charge on any atom is -0.463 e. The molecule has 1 aliphatic heterocycles. The molecule has 0 radical (unpaired) electrons. The van der Waals surface area contributed by atoms with Gasteiger partial charge in [-0.25, -0.2) is 4.79 Å². The van der Waals surface area contributed by atoms with Gasteiger partial charge >= 0.3 is 12.1 Å². The molecule has 0 spiro atoms. The number of carbonyl (C=O) groups excluding carboxylic acids is 1. The van der Waals surface area contributed by atoms with Gasteiger partial charge in [-0.15, -0.1) is 12.4 Å². The fourth-order valence-corrected chi connectivity index (χ4v) is 4.53. The van der Waals surface area contributed by atoms with Crippen molar-refractivity contribution >= 4 is 29.6 Å². The second-order valence-corrected chi connectivity index (χ2v) is 9.13. The number of carbonyl (C=O) groups is 1. The molecule has 0 amide bonds. The van der Waals surface area contributed by atoms with Crippen LogP contribution < -0.4 is 5.32 Å². The summed E-state index contributed by atoms with van der Waals surface area (Å²) in [6, 6.07) is 14.7. The zero-order valence-corrected chi connectivity index (χ0v) is 23.1. The standard InChI is InChI=1S/C27H26F3N5O5.ClH/c1-4-39-26(36)23-22(18-11-8-12-19(13-18)35(37)38)21(16(2)31-24(23)27(28,29)30)25-32-20(33-40-25)15-34(3)14-17-9-6-5-7-10-17;/h5-13,22,31H,4,14-15H2,1-3H3;1H. The SMILES string of the molecule is CCOC(=O)C1=C(C(F)(F)F)NC(C)=C(c2nc(CN(C)Cc3ccccc3)no2)C1c1cccc([N+](=O)[O-])c1.Cl. The maximum atomic E-state index is 14.2. The number of benzene rings is 2. The number of nitro groups is 1. The van der Waals surface area contributed by atoms with Crippen molar-refractivity contribution in [1.29, 1.82) is 0 Å². The molecule has 1 N–H and O–H groups in total. The quantitative estimate of drug-likeness (QED) is 0.194. The zero-order chi connectivity index (χ0) is 29.0. The van der Waals surface area contributed by atoms with Gasteiger partial charge in [0.05, 0.1) is 29.6 Å². The zero-order valence-electron chi connectivity index (χ0n) is 22.3. The summed E-state index contributed by atoms with van der Waals surface area (Å²) in [6.07, 6.45) is -4.96. The fourth-order valence-electron chi connectivity index (χ4n) is 4.53. The Morgan fingerprint density at radius 2 is 1.88 bits per heavy atom. The molecule has 1 unspecified atom stereocenters. The van der Waals surface area contributed by atoms with E-state index in [4.69, 9.17) is 9.26 Å². The van der Waals surface area contributed by atoms with Gasteiger partial charge in [-0.1, -0.05) is 47.6 Å². The molecule has 1 aromatic heterocycles. The Morgan fingerprint density at radius 1 is 1.17 bits per heavy atom. The maximum absolute atomic E-state index is 14.2. The second-order valence-electron chi connectivity index (χ2n) is 9.13. The van der Waals surface area contributed by atoms with Crippen molar-refractivity contribution in [1.82, 2.24) is 20.4 Å². The number of hydrogen-bond acceptors (Lipinski definition) is 9. The molecule has 14 heteroatoms. The second kappa shape index (κ2) is 13.0. The Hall–Kier alpha value is -4.23. The average molecular weight is 594 g/mol. The normalized spacial score (nSPS) is 15.4. The molecule has 0 fully saturated rings. The lowest BCUT2D eigenvalue weighted by atomic mass is 9.80. The number of dihydropyridines is 1. The lowest BCUT2D eigenvalue weighted by Crippen LogP contribution is -2.36. The van der Waals surface area contributed by atoms with Gasteiger partial charge < -0.3 is 14.6 Å². The highest BCUT2D eigenvalue weighted by Crippen LogP contribution is 2.46. The monoisotopic (exact) mass is 593 g/mol. The summed E-state index contributed by atoms with van der Waals surface area (Å²) < 4.78 is 53.1. The largest absolute Gasteiger partial charge is 0.463 e. The van der Waals surface area contributed by atoms with Crippen molar-refractivity contribution in [3.05, 3.63) is 105 Å². The van der Waals surface area contributed by atoms with E-state index in [-0.39, 0.29) is 59.8 Å². The van der Waals surface area contributed by atoms with Gasteiger partial charge in [0.2, 0.25) is 0 Å². The highest BCUT2D eigenvalue weighted by Gasteiger charge is 2.47. The number of non-ortho nitro benzene ring substituents is 1. The molecule has 0 bridgehead atoms.